The van der Waals surface area contributed by atoms with E-state index in [0.29, 0.717) is 29.9 Å². The molecule has 1 amide bonds. The Morgan fingerprint density at radius 2 is 2.00 bits per heavy atom. The summed E-state index contributed by atoms with van der Waals surface area (Å²) >= 11 is 0. The maximum atomic E-state index is 12.4. The number of rotatable bonds is 3. The Morgan fingerprint density at radius 3 is 2.52 bits per heavy atom. The van der Waals surface area contributed by atoms with E-state index >= 15 is 0 Å². The van der Waals surface area contributed by atoms with Crippen molar-refractivity contribution < 1.29 is 17.9 Å². The lowest BCUT2D eigenvalue weighted by Gasteiger charge is -2.17. The summed E-state index contributed by atoms with van der Waals surface area (Å²) in [4.78, 5) is 12.4. The molecule has 116 valence electrons. The topological polar surface area (TPSA) is 72.5 Å². The average Bonchev–Trinajstić information content (AvgIpc) is 2.78. The van der Waals surface area contributed by atoms with Crippen LogP contribution in [0.15, 0.2) is 11.0 Å². The van der Waals surface area contributed by atoms with Gasteiger partial charge < -0.3 is 10.1 Å². The third-order valence-electron chi connectivity index (χ3n) is 3.64. The summed E-state index contributed by atoms with van der Waals surface area (Å²) in [7, 11) is 1.59. The Balaban J connectivity index is 2.45. The van der Waals surface area contributed by atoms with Gasteiger partial charge in [-0.05, 0) is 43.9 Å². The maximum Gasteiger partial charge on any atom is 0.261 e. The van der Waals surface area contributed by atoms with E-state index < -0.39 is 9.05 Å². The fraction of sp³-hybridized carbons (Fsp3) is 0.500. The van der Waals surface area contributed by atoms with Gasteiger partial charge in [0.1, 0.15) is 0 Å². The number of aryl methyl sites for hydroxylation is 2. The predicted octanol–water partition coefficient (Wildman–Crippen LogP) is 2.06. The Morgan fingerprint density at radius 1 is 1.33 bits per heavy atom. The van der Waals surface area contributed by atoms with Crippen LogP contribution in [0, 0.1) is 20.8 Å². The fourth-order valence-electron chi connectivity index (χ4n) is 2.80. The van der Waals surface area contributed by atoms with Crippen molar-refractivity contribution in [1.82, 2.24) is 5.32 Å². The van der Waals surface area contributed by atoms with E-state index in [1.54, 1.807) is 26.8 Å². The summed E-state index contributed by atoms with van der Waals surface area (Å²) in [6.07, 6.45) is 0.760. The van der Waals surface area contributed by atoms with Crippen molar-refractivity contribution in [2.45, 2.75) is 38.1 Å². The molecular formula is C14H18ClNO4S. The summed E-state index contributed by atoms with van der Waals surface area (Å²) in [5.41, 5.74) is 2.02. The second-order valence-electron chi connectivity index (χ2n) is 5.31. The van der Waals surface area contributed by atoms with Gasteiger partial charge in [-0.1, -0.05) is 6.07 Å². The number of amides is 1. The maximum absolute atomic E-state index is 12.4. The molecule has 21 heavy (non-hydrogen) atoms. The average molecular weight is 332 g/mol. The van der Waals surface area contributed by atoms with Gasteiger partial charge in [0, 0.05) is 22.9 Å². The highest BCUT2D eigenvalue weighted by atomic mass is 35.7. The second kappa shape index (κ2) is 5.94. The van der Waals surface area contributed by atoms with Crippen LogP contribution >= 0.6 is 10.7 Å². The molecule has 1 aromatic carbocycles. The van der Waals surface area contributed by atoms with Gasteiger partial charge in [0.15, 0.2) is 0 Å². The minimum atomic E-state index is -3.90. The lowest BCUT2D eigenvalue weighted by Crippen LogP contribution is -2.36. The number of ether oxygens (including phenoxy) is 1. The van der Waals surface area contributed by atoms with Crippen LogP contribution in [0.3, 0.4) is 0 Å². The van der Waals surface area contributed by atoms with Gasteiger partial charge in [-0.15, -0.1) is 0 Å². The fourth-order valence-corrected chi connectivity index (χ4v) is 4.42. The largest absolute Gasteiger partial charge is 0.379 e. The molecule has 0 bridgehead atoms. The van der Waals surface area contributed by atoms with E-state index in [9.17, 15) is 13.2 Å². The van der Waals surface area contributed by atoms with Crippen molar-refractivity contribution in [1.29, 1.82) is 0 Å². The molecule has 1 aliphatic rings. The van der Waals surface area contributed by atoms with Gasteiger partial charge in [-0.3, -0.25) is 4.79 Å². The highest BCUT2D eigenvalue weighted by molar-refractivity contribution is 8.13. The monoisotopic (exact) mass is 331 g/mol. The summed E-state index contributed by atoms with van der Waals surface area (Å²) in [5.74, 6) is -0.290. The summed E-state index contributed by atoms with van der Waals surface area (Å²) in [5, 5.41) is 2.87. The van der Waals surface area contributed by atoms with E-state index in [4.69, 9.17) is 15.4 Å². The Hall–Kier alpha value is -1.11. The molecule has 0 spiro atoms. The molecule has 0 aromatic heterocycles. The van der Waals surface area contributed by atoms with Crippen LogP contribution in [0.2, 0.25) is 0 Å². The van der Waals surface area contributed by atoms with Crippen LogP contribution in [0.1, 0.15) is 33.5 Å². The van der Waals surface area contributed by atoms with E-state index in [1.165, 1.54) is 0 Å². The van der Waals surface area contributed by atoms with Crippen molar-refractivity contribution in [3.05, 3.63) is 28.3 Å². The lowest BCUT2D eigenvalue weighted by molar-refractivity contribution is 0.0928. The number of hydrogen-bond acceptors (Lipinski definition) is 4. The van der Waals surface area contributed by atoms with Crippen molar-refractivity contribution >= 4 is 25.6 Å². The molecule has 1 atom stereocenters. The smallest absolute Gasteiger partial charge is 0.261 e. The van der Waals surface area contributed by atoms with Crippen LogP contribution in [-0.2, 0) is 13.8 Å². The van der Waals surface area contributed by atoms with Crippen molar-refractivity contribution in [2.24, 2.45) is 0 Å². The number of nitrogens with one attached hydrogen (secondary N) is 1. The standard InChI is InChI=1S/C14H18ClNO4S/c1-8-6-9(2)13(21(15,18)19)10(3)12(8)14(17)16-11-4-5-20-7-11/h6,11H,4-5,7H2,1-3H3,(H,16,17). The first-order valence-corrected chi connectivity index (χ1v) is 8.97. The third-order valence-corrected chi connectivity index (χ3v) is 5.22. The number of carbonyl (C=O) groups is 1. The van der Waals surface area contributed by atoms with E-state index in [0.717, 1.165) is 12.0 Å². The van der Waals surface area contributed by atoms with Crippen LogP contribution in [0.25, 0.3) is 0 Å². The highest BCUT2D eigenvalue weighted by Crippen LogP contribution is 2.29. The minimum absolute atomic E-state index is 0.0163. The SMILES string of the molecule is Cc1cc(C)c(S(=O)(=O)Cl)c(C)c1C(=O)NC1CCOC1. The molecule has 1 aromatic rings. The first-order chi connectivity index (χ1) is 9.71. The van der Waals surface area contributed by atoms with Gasteiger partial charge in [0.05, 0.1) is 17.5 Å². The van der Waals surface area contributed by atoms with E-state index in [1.807, 2.05) is 0 Å². The Bertz CT molecular complexity index is 679. The van der Waals surface area contributed by atoms with Crippen LogP contribution in [0.5, 0.6) is 0 Å². The summed E-state index contributed by atoms with van der Waals surface area (Å²) < 4.78 is 28.7. The van der Waals surface area contributed by atoms with Crippen LogP contribution in [0.4, 0.5) is 0 Å². The van der Waals surface area contributed by atoms with Crippen molar-refractivity contribution in [3.8, 4) is 0 Å². The van der Waals surface area contributed by atoms with Crippen LogP contribution in [-0.4, -0.2) is 33.6 Å². The predicted molar refractivity (Wildman–Crippen MR) is 80.4 cm³/mol. The zero-order chi connectivity index (χ0) is 15.8. The molecule has 1 N–H and O–H groups in total. The Labute approximate surface area is 129 Å². The number of carbonyl (C=O) groups excluding carboxylic acids is 1. The normalized spacial score (nSPS) is 18.8. The summed E-state index contributed by atoms with van der Waals surface area (Å²) in [6, 6.07) is 1.64. The number of halogens is 1. The minimum Gasteiger partial charge on any atom is -0.379 e. The van der Waals surface area contributed by atoms with Crippen molar-refractivity contribution in [3.63, 3.8) is 0 Å². The molecule has 0 aliphatic carbocycles. The molecule has 1 unspecified atom stereocenters. The van der Waals surface area contributed by atoms with Gasteiger partial charge in [0.2, 0.25) is 0 Å². The Kier molecular flexibility index (Phi) is 4.60. The number of hydrogen-bond donors (Lipinski definition) is 1. The van der Waals surface area contributed by atoms with E-state index in [2.05, 4.69) is 5.32 Å². The van der Waals surface area contributed by atoms with Crippen LogP contribution < -0.4 is 5.32 Å². The molecule has 1 saturated heterocycles. The first-order valence-electron chi connectivity index (χ1n) is 6.66. The zero-order valence-electron chi connectivity index (χ0n) is 12.2. The molecule has 1 heterocycles. The van der Waals surface area contributed by atoms with Crippen molar-refractivity contribution in [2.75, 3.05) is 13.2 Å². The first kappa shape index (κ1) is 16.3. The quantitative estimate of drug-likeness (QED) is 0.860. The lowest BCUT2D eigenvalue weighted by atomic mass is 9.98. The highest BCUT2D eigenvalue weighted by Gasteiger charge is 2.26. The molecule has 7 heteroatoms. The molecule has 2 rings (SSSR count). The zero-order valence-corrected chi connectivity index (χ0v) is 13.8. The van der Waals surface area contributed by atoms with E-state index in [-0.39, 0.29) is 16.8 Å². The third kappa shape index (κ3) is 3.39. The molecule has 1 aliphatic heterocycles. The molecule has 5 nitrogen and oxygen atoms in total. The van der Waals surface area contributed by atoms with Gasteiger partial charge >= 0.3 is 0 Å². The van der Waals surface area contributed by atoms with Gasteiger partial charge in [-0.25, -0.2) is 8.42 Å². The summed E-state index contributed by atoms with van der Waals surface area (Å²) in [6.45, 7) is 6.16. The number of benzene rings is 1. The second-order valence-corrected chi connectivity index (χ2v) is 7.81. The molecule has 0 saturated carbocycles. The molecule has 0 radical (unpaired) electrons. The molecular weight excluding hydrogens is 314 g/mol. The van der Waals surface area contributed by atoms with Gasteiger partial charge in [-0.2, -0.15) is 0 Å². The van der Waals surface area contributed by atoms with Gasteiger partial charge in [0.25, 0.3) is 15.0 Å². The molecule has 1 fully saturated rings.